The number of sulfonamides is 1. The Bertz CT molecular complexity index is 1470. The number of nitrogens with zero attached hydrogens (tertiary/aromatic N) is 2. The molecule has 0 saturated carbocycles. The number of piperazine rings is 1. The van der Waals surface area contributed by atoms with E-state index in [1.807, 2.05) is 30.3 Å². The van der Waals surface area contributed by atoms with Crippen molar-refractivity contribution in [1.29, 1.82) is 0 Å². The lowest BCUT2D eigenvalue weighted by molar-refractivity contribution is -0.138. The van der Waals surface area contributed by atoms with Crippen molar-refractivity contribution in [3.63, 3.8) is 0 Å². The summed E-state index contributed by atoms with van der Waals surface area (Å²) in [5, 5.41) is 5.26. The molecule has 1 saturated heterocycles. The molecule has 1 aliphatic rings. The summed E-state index contributed by atoms with van der Waals surface area (Å²) in [4.78, 5) is 27.7. The highest BCUT2D eigenvalue weighted by molar-refractivity contribution is 7.89. The van der Waals surface area contributed by atoms with Crippen LogP contribution < -0.4 is 10.6 Å². The number of nitrogens with one attached hydrogen (secondary N) is 2. The van der Waals surface area contributed by atoms with Gasteiger partial charge in [0.2, 0.25) is 15.9 Å². The normalized spacial score (nSPS) is 16.3. The monoisotopic (exact) mass is 588 g/mol. The van der Waals surface area contributed by atoms with Crippen molar-refractivity contribution < 1.29 is 31.2 Å². The Balaban J connectivity index is 1.52. The lowest BCUT2D eigenvalue weighted by atomic mass is 10.1. The van der Waals surface area contributed by atoms with Crippen molar-refractivity contribution in [2.45, 2.75) is 37.0 Å². The van der Waals surface area contributed by atoms with Gasteiger partial charge in [-0.15, -0.1) is 0 Å². The molecule has 3 aromatic rings. The zero-order valence-electron chi connectivity index (χ0n) is 22.4. The van der Waals surface area contributed by atoms with Crippen LogP contribution in [0.2, 0.25) is 0 Å². The first-order valence-corrected chi connectivity index (χ1v) is 14.5. The highest BCUT2D eigenvalue weighted by Gasteiger charge is 2.41. The maximum absolute atomic E-state index is 13.6. The molecule has 0 bridgehead atoms. The Hall–Kier alpha value is -3.90. The molecule has 1 atom stereocenters. The predicted octanol–water partition coefficient (Wildman–Crippen LogP) is 3.96. The van der Waals surface area contributed by atoms with Gasteiger partial charge in [0.05, 0.1) is 10.5 Å². The van der Waals surface area contributed by atoms with E-state index in [4.69, 9.17) is 0 Å². The molecule has 8 nitrogen and oxygen atoms in total. The number of hydrogen-bond acceptors (Lipinski definition) is 4. The van der Waals surface area contributed by atoms with Crippen molar-refractivity contribution in [2.24, 2.45) is 0 Å². The van der Waals surface area contributed by atoms with Gasteiger partial charge >= 0.3 is 12.2 Å². The van der Waals surface area contributed by atoms with Crippen molar-refractivity contribution in [2.75, 3.05) is 26.2 Å². The van der Waals surface area contributed by atoms with Gasteiger partial charge in [-0.25, -0.2) is 13.2 Å². The van der Waals surface area contributed by atoms with Gasteiger partial charge in [-0.05, 0) is 42.7 Å². The molecule has 3 aromatic carbocycles. The molecule has 2 N–H and O–H groups in total. The topological polar surface area (TPSA) is 98.8 Å². The van der Waals surface area contributed by atoms with Crippen LogP contribution in [0.4, 0.5) is 18.0 Å². The Morgan fingerprint density at radius 2 is 1.56 bits per heavy atom. The van der Waals surface area contributed by atoms with E-state index in [1.165, 1.54) is 35.2 Å². The number of carbonyl (C=O) groups is 2. The fraction of sp³-hybridized carbons (Fsp3) is 0.310. The second-order valence-corrected chi connectivity index (χ2v) is 11.6. The van der Waals surface area contributed by atoms with E-state index < -0.39 is 46.3 Å². The number of benzene rings is 3. The van der Waals surface area contributed by atoms with Gasteiger partial charge in [0.15, 0.2) is 0 Å². The van der Waals surface area contributed by atoms with Crippen LogP contribution in [0.5, 0.6) is 0 Å². The van der Waals surface area contributed by atoms with Crippen LogP contribution in [-0.2, 0) is 34.0 Å². The molecule has 3 amide bonds. The number of aryl methyl sites for hydroxylation is 1. The van der Waals surface area contributed by atoms with Gasteiger partial charge < -0.3 is 15.5 Å². The van der Waals surface area contributed by atoms with E-state index in [1.54, 1.807) is 19.1 Å². The summed E-state index contributed by atoms with van der Waals surface area (Å²) in [6.45, 7) is 1.26. The molecule has 218 valence electrons. The second-order valence-electron chi connectivity index (χ2n) is 9.73. The van der Waals surface area contributed by atoms with Crippen LogP contribution in [0.1, 0.15) is 22.3 Å². The molecule has 41 heavy (non-hydrogen) atoms. The molecular weight excluding hydrogens is 557 g/mol. The van der Waals surface area contributed by atoms with E-state index in [0.717, 1.165) is 21.5 Å². The van der Waals surface area contributed by atoms with E-state index in [2.05, 4.69) is 10.6 Å². The fourth-order valence-corrected chi connectivity index (χ4v) is 6.19. The summed E-state index contributed by atoms with van der Waals surface area (Å²) in [6, 6.07) is 18.7. The third-order valence-corrected chi connectivity index (χ3v) is 8.78. The van der Waals surface area contributed by atoms with Crippen LogP contribution in [0, 0.1) is 6.92 Å². The summed E-state index contributed by atoms with van der Waals surface area (Å²) >= 11 is 0. The number of halogens is 3. The van der Waals surface area contributed by atoms with Gasteiger partial charge in [0.1, 0.15) is 6.04 Å². The van der Waals surface area contributed by atoms with Gasteiger partial charge in [0.25, 0.3) is 0 Å². The lowest BCUT2D eigenvalue weighted by Gasteiger charge is -2.39. The molecule has 0 spiro atoms. The van der Waals surface area contributed by atoms with Gasteiger partial charge in [0, 0.05) is 32.7 Å². The maximum Gasteiger partial charge on any atom is 0.416 e. The summed E-state index contributed by atoms with van der Waals surface area (Å²) in [7, 11) is -4.16. The standard InChI is InChI=1S/C29H31F3N4O4S/c1-21-11-13-24(14-12-21)41(39,40)36-18-17-35(28(38)33-16-15-22-7-3-2-4-8-22)20-26(36)27(37)34-19-23-9-5-6-10-25(23)29(30,31)32/h2-14,26H,15-20H2,1H3,(H,33,38)(H,34,37). The van der Waals surface area contributed by atoms with Crippen LogP contribution >= 0.6 is 0 Å². The molecule has 1 fully saturated rings. The number of alkyl halides is 3. The minimum atomic E-state index is -4.62. The van der Waals surface area contributed by atoms with Crippen LogP contribution in [-0.4, -0.2) is 61.8 Å². The molecular formula is C29H31F3N4O4S. The van der Waals surface area contributed by atoms with E-state index >= 15 is 0 Å². The zero-order valence-corrected chi connectivity index (χ0v) is 23.2. The quantitative estimate of drug-likeness (QED) is 0.416. The van der Waals surface area contributed by atoms with Crippen LogP contribution in [0.3, 0.4) is 0 Å². The van der Waals surface area contributed by atoms with Crippen molar-refractivity contribution in [1.82, 2.24) is 19.8 Å². The molecule has 1 heterocycles. The Labute approximate surface area is 237 Å². The minimum absolute atomic E-state index is 0.0240. The van der Waals surface area contributed by atoms with Gasteiger partial charge in [-0.2, -0.15) is 17.5 Å². The number of hydrogen-bond donors (Lipinski definition) is 2. The number of urea groups is 1. The second kappa shape index (κ2) is 12.7. The summed E-state index contributed by atoms with van der Waals surface area (Å²) in [5.74, 6) is -0.806. The smallest absolute Gasteiger partial charge is 0.351 e. The van der Waals surface area contributed by atoms with Crippen molar-refractivity contribution in [3.8, 4) is 0 Å². The van der Waals surface area contributed by atoms with Gasteiger partial charge in [-0.1, -0.05) is 66.2 Å². The van der Waals surface area contributed by atoms with Gasteiger partial charge in [-0.3, -0.25) is 4.79 Å². The molecule has 0 aromatic heterocycles. The average molecular weight is 589 g/mol. The molecule has 0 radical (unpaired) electrons. The molecule has 1 unspecified atom stereocenters. The maximum atomic E-state index is 13.6. The van der Waals surface area contributed by atoms with E-state index in [9.17, 15) is 31.2 Å². The largest absolute Gasteiger partial charge is 0.416 e. The van der Waals surface area contributed by atoms with Crippen molar-refractivity contribution >= 4 is 22.0 Å². The number of rotatable bonds is 8. The first kappa shape index (κ1) is 30.1. The molecule has 0 aliphatic carbocycles. The fourth-order valence-electron chi connectivity index (χ4n) is 4.62. The first-order valence-electron chi connectivity index (χ1n) is 13.0. The number of amides is 3. The average Bonchev–Trinajstić information content (AvgIpc) is 2.96. The molecule has 1 aliphatic heterocycles. The zero-order chi connectivity index (χ0) is 29.6. The summed E-state index contributed by atoms with van der Waals surface area (Å²) < 4.78 is 68.5. The SMILES string of the molecule is Cc1ccc(S(=O)(=O)N2CCN(C(=O)NCCc3ccccc3)CC2C(=O)NCc2ccccc2C(F)(F)F)cc1. The summed E-state index contributed by atoms with van der Waals surface area (Å²) in [6.07, 6.45) is -4.04. The van der Waals surface area contributed by atoms with Crippen molar-refractivity contribution in [3.05, 3.63) is 101 Å². The Morgan fingerprint density at radius 3 is 2.24 bits per heavy atom. The molecule has 12 heteroatoms. The van der Waals surface area contributed by atoms with Crippen LogP contribution in [0.25, 0.3) is 0 Å². The Morgan fingerprint density at radius 1 is 0.902 bits per heavy atom. The van der Waals surface area contributed by atoms with E-state index in [-0.39, 0.29) is 30.1 Å². The third-order valence-electron chi connectivity index (χ3n) is 6.86. The minimum Gasteiger partial charge on any atom is -0.351 e. The first-order chi connectivity index (χ1) is 19.5. The highest BCUT2D eigenvalue weighted by atomic mass is 32.2. The van der Waals surface area contributed by atoms with Crippen LogP contribution in [0.15, 0.2) is 83.8 Å². The molecule has 4 rings (SSSR count). The van der Waals surface area contributed by atoms with E-state index in [0.29, 0.717) is 13.0 Å². The lowest BCUT2D eigenvalue weighted by Crippen LogP contribution is -2.62. The highest BCUT2D eigenvalue weighted by Crippen LogP contribution is 2.32. The Kier molecular flexibility index (Phi) is 9.34. The predicted molar refractivity (Wildman–Crippen MR) is 147 cm³/mol. The third kappa shape index (κ3) is 7.44. The number of carbonyl (C=O) groups excluding carboxylic acids is 2. The summed E-state index contributed by atoms with van der Waals surface area (Å²) in [5.41, 5.74) is 0.817.